The molecule has 14 heteroatoms. The molecule has 0 spiro atoms. The largest absolute Gasteiger partial charge is 0.481 e. The predicted octanol–water partition coefficient (Wildman–Crippen LogP) is 5.12. The number of carboxylic acids is 1. The maximum Gasteiger partial charge on any atom is 0.338 e. The van der Waals surface area contributed by atoms with Gasteiger partial charge >= 0.3 is 18.0 Å². The first-order valence-corrected chi connectivity index (χ1v) is 16.9. The summed E-state index contributed by atoms with van der Waals surface area (Å²) in [5.74, 6) is -1.45. The van der Waals surface area contributed by atoms with Crippen molar-refractivity contribution in [1.29, 1.82) is 0 Å². The summed E-state index contributed by atoms with van der Waals surface area (Å²) in [4.78, 5) is 53.7. The summed E-state index contributed by atoms with van der Waals surface area (Å²) in [7, 11) is 0. The van der Waals surface area contributed by atoms with Gasteiger partial charge < -0.3 is 20.1 Å². The van der Waals surface area contributed by atoms with Crippen LogP contribution in [0.5, 0.6) is 0 Å². The van der Waals surface area contributed by atoms with Gasteiger partial charge in [0.15, 0.2) is 10.8 Å². The van der Waals surface area contributed by atoms with Crippen LogP contribution in [0.4, 0.5) is 14.9 Å². The van der Waals surface area contributed by atoms with Crippen molar-refractivity contribution < 1.29 is 28.6 Å². The van der Waals surface area contributed by atoms with E-state index in [4.69, 9.17) is 21.3 Å². The fraction of sp³-hybridized carbons (Fsp3) is 0.382. The second-order valence-corrected chi connectivity index (χ2v) is 13.9. The van der Waals surface area contributed by atoms with Crippen LogP contribution in [0.2, 0.25) is 5.02 Å². The Morgan fingerprint density at radius 1 is 1.17 bits per heavy atom. The third-order valence-electron chi connectivity index (χ3n) is 8.80. The molecule has 2 aromatic carbocycles. The Hall–Kier alpha value is -4.33. The number of benzene rings is 2. The van der Waals surface area contributed by atoms with Crippen molar-refractivity contribution in [3.63, 3.8) is 0 Å². The summed E-state index contributed by atoms with van der Waals surface area (Å²) in [5, 5.41) is 15.4. The first-order valence-electron chi connectivity index (χ1n) is 15.7. The van der Waals surface area contributed by atoms with Crippen molar-refractivity contribution >= 4 is 52.4 Å². The molecule has 6 rings (SSSR count). The molecule has 4 heterocycles. The smallest absolute Gasteiger partial charge is 0.338 e. The van der Waals surface area contributed by atoms with E-state index in [1.165, 1.54) is 29.5 Å². The van der Waals surface area contributed by atoms with Gasteiger partial charge in [0.1, 0.15) is 11.9 Å². The normalized spacial score (nSPS) is 20.0. The second-order valence-electron chi connectivity index (χ2n) is 12.6. The SMILES string of the molecule is CCOC(=O)C1=C(CN2CCN3C(=O)N(c4ccc(CC(C)(C)C(=O)O)cc4)C[C@@H]3C2)NC(c2nccs2)=N[C@H]1c1ccc(F)cc1Cl. The van der Waals surface area contributed by atoms with E-state index in [1.54, 1.807) is 31.9 Å². The highest BCUT2D eigenvalue weighted by molar-refractivity contribution is 7.11. The van der Waals surface area contributed by atoms with Gasteiger partial charge in [0.2, 0.25) is 0 Å². The number of hydrogen-bond acceptors (Lipinski definition) is 9. The number of aliphatic imine (C=N–C) groups is 1. The number of piperazine rings is 1. The number of ether oxygens (including phenoxy) is 1. The first-order chi connectivity index (χ1) is 22.9. The highest BCUT2D eigenvalue weighted by Crippen LogP contribution is 2.37. The Balaban J connectivity index is 1.24. The number of esters is 1. The number of nitrogens with zero attached hydrogens (tertiary/aromatic N) is 5. The fourth-order valence-electron chi connectivity index (χ4n) is 6.30. The standard InChI is InChI=1S/C34H36ClFN6O5S/c1-4-47-31(43)27-26(38-29(30-37-11-14-48-30)39-28(27)24-10-7-21(36)15-25(24)35)19-40-12-13-41-23(17-40)18-42(33(41)46)22-8-5-20(6-9-22)16-34(2,3)32(44)45/h5-11,14-15,23,28H,4,12-13,16-19H2,1-3H3,(H,38,39)(H,44,45)/t23-,28-/m0/s1. The van der Waals surface area contributed by atoms with Gasteiger partial charge in [0.25, 0.3) is 0 Å². The van der Waals surface area contributed by atoms with Crippen molar-refractivity contribution in [3.05, 3.63) is 92.3 Å². The van der Waals surface area contributed by atoms with Crippen LogP contribution in [0.25, 0.3) is 0 Å². The number of rotatable bonds is 10. The Kier molecular flexibility index (Phi) is 9.55. The summed E-state index contributed by atoms with van der Waals surface area (Å²) < 4.78 is 19.5. The van der Waals surface area contributed by atoms with E-state index in [0.29, 0.717) is 61.2 Å². The van der Waals surface area contributed by atoms with Gasteiger partial charge in [-0.1, -0.05) is 29.8 Å². The minimum atomic E-state index is -0.900. The third-order valence-corrected chi connectivity index (χ3v) is 9.91. The molecule has 2 amide bonds. The highest BCUT2D eigenvalue weighted by atomic mass is 35.5. The van der Waals surface area contributed by atoms with Gasteiger partial charge in [-0.2, -0.15) is 0 Å². The lowest BCUT2D eigenvalue weighted by atomic mass is 9.86. The van der Waals surface area contributed by atoms with Crippen LogP contribution < -0.4 is 10.2 Å². The minimum absolute atomic E-state index is 0.0790. The molecule has 0 saturated carbocycles. The van der Waals surface area contributed by atoms with E-state index in [-0.39, 0.29) is 29.3 Å². The lowest BCUT2D eigenvalue weighted by Gasteiger charge is -2.38. The molecule has 3 aliphatic heterocycles. The van der Waals surface area contributed by atoms with Crippen LogP contribution in [0, 0.1) is 11.2 Å². The highest BCUT2D eigenvalue weighted by Gasteiger charge is 2.42. The topological polar surface area (TPSA) is 128 Å². The van der Waals surface area contributed by atoms with Gasteiger partial charge in [0.05, 0.1) is 23.6 Å². The van der Waals surface area contributed by atoms with Crippen molar-refractivity contribution in [1.82, 2.24) is 20.1 Å². The zero-order chi connectivity index (χ0) is 34.2. The monoisotopic (exact) mass is 694 g/mol. The molecule has 0 unspecified atom stereocenters. The molecule has 0 aliphatic carbocycles. The number of amidine groups is 1. The summed E-state index contributed by atoms with van der Waals surface area (Å²) >= 11 is 7.91. The van der Waals surface area contributed by atoms with Crippen LogP contribution in [0.15, 0.2) is 70.3 Å². The summed E-state index contributed by atoms with van der Waals surface area (Å²) in [6.07, 6.45) is 2.04. The molecule has 0 bridgehead atoms. The number of hydrogen-bond donors (Lipinski definition) is 2. The van der Waals surface area contributed by atoms with E-state index in [9.17, 15) is 23.9 Å². The Labute approximate surface area is 286 Å². The van der Waals surface area contributed by atoms with E-state index < -0.39 is 29.2 Å². The second kappa shape index (κ2) is 13.7. The number of aromatic nitrogens is 1. The maximum absolute atomic E-state index is 14.0. The van der Waals surface area contributed by atoms with Crippen LogP contribution >= 0.6 is 22.9 Å². The molecule has 1 aromatic heterocycles. The number of thiazole rings is 1. The van der Waals surface area contributed by atoms with Gasteiger partial charge in [-0.15, -0.1) is 11.3 Å². The zero-order valence-electron chi connectivity index (χ0n) is 26.8. The van der Waals surface area contributed by atoms with Crippen molar-refractivity contribution in [2.24, 2.45) is 10.4 Å². The number of anilines is 1. The number of carbonyl (C=O) groups is 3. The maximum atomic E-state index is 14.0. The molecule has 252 valence electrons. The van der Waals surface area contributed by atoms with E-state index in [1.807, 2.05) is 34.5 Å². The van der Waals surface area contributed by atoms with Gasteiger partial charge in [-0.25, -0.2) is 19.0 Å². The Morgan fingerprint density at radius 3 is 2.60 bits per heavy atom. The van der Waals surface area contributed by atoms with Gasteiger partial charge in [-0.05, 0) is 57.0 Å². The molecule has 3 aromatic rings. The molecular formula is C34H36ClFN6O5S. The summed E-state index contributed by atoms with van der Waals surface area (Å²) in [6.45, 7) is 7.68. The Bertz CT molecular complexity index is 1780. The molecular weight excluding hydrogens is 659 g/mol. The van der Waals surface area contributed by atoms with Gasteiger partial charge in [-0.3, -0.25) is 19.6 Å². The molecule has 3 aliphatic rings. The average molecular weight is 695 g/mol. The van der Waals surface area contributed by atoms with E-state index in [2.05, 4.69) is 15.2 Å². The van der Waals surface area contributed by atoms with Crippen molar-refractivity contribution in [2.45, 2.75) is 39.3 Å². The van der Waals surface area contributed by atoms with Crippen molar-refractivity contribution in [2.75, 3.05) is 44.2 Å². The molecule has 2 N–H and O–H groups in total. The van der Waals surface area contributed by atoms with Crippen LogP contribution in [0.1, 0.15) is 42.9 Å². The van der Waals surface area contributed by atoms with Crippen molar-refractivity contribution in [3.8, 4) is 0 Å². The predicted molar refractivity (Wildman–Crippen MR) is 181 cm³/mol. The third kappa shape index (κ3) is 6.80. The summed E-state index contributed by atoms with van der Waals surface area (Å²) in [5.41, 5.74) is 2.06. The number of amides is 2. The average Bonchev–Trinajstić information content (AvgIpc) is 3.69. The lowest BCUT2D eigenvalue weighted by Crippen LogP contribution is -2.53. The molecule has 2 atom stereocenters. The van der Waals surface area contributed by atoms with Crippen LogP contribution in [0.3, 0.4) is 0 Å². The number of carboxylic acid groups (broad SMARTS) is 1. The minimum Gasteiger partial charge on any atom is -0.481 e. The molecule has 48 heavy (non-hydrogen) atoms. The molecule has 2 saturated heterocycles. The number of urea groups is 1. The number of carbonyl (C=O) groups excluding carboxylic acids is 2. The number of halogens is 2. The van der Waals surface area contributed by atoms with Crippen LogP contribution in [-0.2, 0) is 20.7 Å². The first kappa shape index (κ1) is 33.6. The van der Waals surface area contributed by atoms with Crippen LogP contribution in [-0.4, -0.2) is 89.1 Å². The molecule has 2 fully saturated rings. The molecule has 11 nitrogen and oxygen atoms in total. The molecule has 0 radical (unpaired) electrons. The van der Waals surface area contributed by atoms with E-state index >= 15 is 0 Å². The number of aliphatic carboxylic acids is 1. The number of nitrogens with one attached hydrogen (secondary N) is 1. The van der Waals surface area contributed by atoms with E-state index in [0.717, 1.165) is 11.3 Å². The zero-order valence-corrected chi connectivity index (χ0v) is 28.4. The van der Waals surface area contributed by atoms with Gasteiger partial charge in [0, 0.05) is 66.3 Å². The summed E-state index contributed by atoms with van der Waals surface area (Å²) in [6, 6.07) is 10.5. The lowest BCUT2D eigenvalue weighted by molar-refractivity contribution is -0.146. The fourth-order valence-corrected chi connectivity index (χ4v) is 7.16. The number of fused-ring (bicyclic) bond motifs is 1. The quantitative estimate of drug-likeness (QED) is 0.280. The Morgan fingerprint density at radius 2 is 1.94 bits per heavy atom.